The Hall–Kier alpha value is -1.04. The van der Waals surface area contributed by atoms with E-state index in [0.29, 0.717) is 11.3 Å². The summed E-state index contributed by atoms with van der Waals surface area (Å²) in [5.41, 5.74) is 0.770. The van der Waals surface area contributed by atoms with E-state index in [0.717, 1.165) is 0 Å². The molecule has 66 valence electrons. The monoisotopic (exact) mass is 190 g/mol. The molecule has 0 spiro atoms. The molecule has 0 aliphatic carbocycles. The lowest BCUT2D eigenvalue weighted by Crippen LogP contribution is -2.00. The molecule has 0 aliphatic heterocycles. The standard InChI is InChI=1S/C6H7FN2O2S/c1-5-6(2-8-4-9-5)3-12(7,10)11/h2,4H,3H2,1H3. The Balaban J connectivity index is 2.98. The summed E-state index contributed by atoms with van der Waals surface area (Å²) in [6.45, 7) is 1.60. The summed E-state index contributed by atoms with van der Waals surface area (Å²) in [4.78, 5) is 7.31. The number of aromatic nitrogens is 2. The van der Waals surface area contributed by atoms with Crippen LogP contribution in [0, 0.1) is 6.92 Å². The first-order valence-corrected chi connectivity index (χ1v) is 4.72. The zero-order valence-electron chi connectivity index (χ0n) is 6.36. The highest BCUT2D eigenvalue weighted by Crippen LogP contribution is 2.08. The number of halogens is 1. The SMILES string of the molecule is Cc1ncncc1CS(=O)(=O)F. The van der Waals surface area contributed by atoms with Gasteiger partial charge in [0.2, 0.25) is 0 Å². The third kappa shape index (κ3) is 2.54. The Labute approximate surface area is 69.7 Å². The molecule has 1 heterocycles. The van der Waals surface area contributed by atoms with Crippen LogP contribution in [0.3, 0.4) is 0 Å². The largest absolute Gasteiger partial charge is 0.306 e. The summed E-state index contributed by atoms with van der Waals surface area (Å²) in [6, 6.07) is 0. The van der Waals surface area contributed by atoms with E-state index in [4.69, 9.17) is 0 Å². The minimum atomic E-state index is -4.48. The minimum Gasteiger partial charge on any atom is -0.244 e. The molecule has 0 fully saturated rings. The van der Waals surface area contributed by atoms with Crippen LogP contribution in [0.4, 0.5) is 3.89 Å². The van der Waals surface area contributed by atoms with Crippen LogP contribution in [0.2, 0.25) is 0 Å². The maximum atomic E-state index is 12.2. The number of hydrogen-bond donors (Lipinski definition) is 0. The number of rotatable bonds is 2. The number of aryl methyl sites for hydroxylation is 1. The third-order valence-corrected chi connectivity index (χ3v) is 2.00. The first-order chi connectivity index (χ1) is 5.49. The van der Waals surface area contributed by atoms with Gasteiger partial charge in [-0.3, -0.25) is 0 Å². The van der Waals surface area contributed by atoms with Gasteiger partial charge in [0.25, 0.3) is 0 Å². The second-order valence-corrected chi connectivity index (χ2v) is 3.68. The fourth-order valence-electron chi connectivity index (χ4n) is 0.747. The molecule has 0 bridgehead atoms. The number of hydrogen-bond acceptors (Lipinski definition) is 4. The summed E-state index contributed by atoms with van der Waals surface area (Å²) >= 11 is 0. The normalized spacial score (nSPS) is 11.5. The minimum absolute atomic E-state index is 0.292. The highest BCUT2D eigenvalue weighted by Gasteiger charge is 2.11. The van der Waals surface area contributed by atoms with Gasteiger partial charge >= 0.3 is 10.2 Å². The molecule has 0 radical (unpaired) electrons. The lowest BCUT2D eigenvalue weighted by Gasteiger charge is -1.98. The third-order valence-electron chi connectivity index (χ3n) is 1.34. The lowest BCUT2D eigenvalue weighted by molar-refractivity contribution is 0.550. The summed E-state index contributed by atoms with van der Waals surface area (Å²) < 4.78 is 32.6. The molecular formula is C6H7FN2O2S. The quantitative estimate of drug-likeness (QED) is 0.640. The molecule has 0 saturated carbocycles. The van der Waals surface area contributed by atoms with E-state index in [1.807, 2.05) is 0 Å². The van der Waals surface area contributed by atoms with E-state index in [9.17, 15) is 12.3 Å². The average molecular weight is 190 g/mol. The van der Waals surface area contributed by atoms with Crippen molar-refractivity contribution >= 4 is 10.2 Å². The highest BCUT2D eigenvalue weighted by atomic mass is 32.3. The number of nitrogens with zero attached hydrogens (tertiary/aromatic N) is 2. The van der Waals surface area contributed by atoms with Crippen molar-refractivity contribution in [2.24, 2.45) is 0 Å². The van der Waals surface area contributed by atoms with Crippen molar-refractivity contribution in [3.63, 3.8) is 0 Å². The Morgan fingerprint density at radius 3 is 2.75 bits per heavy atom. The second kappa shape index (κ2) is 3.14. The maximum absolute atomic E-state index is 12.2. The van der Waals surface area contributed by atoms with Crippen molar-refractivity contribution in [3.8, 4) is 0 Å². The predicted molar refractivity (Wildman–Crippen MR) is 40.5 cm³/mol. The molecule has 4 nitrogen and oxygen atoms in total. The van der Waals surface area contributed by atoms with Gasteiger partial charge in [-0.25, -0.2) is 9.97 Å². The zero-order chi connectivity index (χ0) is 9.19. The molecule has 0 aromatic carbocycles. The van der Waals surface area contributed by atoms with Crippen LogP contribution in [-0.4, -0.2) is 18.4 Å². The van der Waals surface area contributed by atoms with Gasteiger partial charge in [-0.15, -0.1) is 3.89 Å². The van der Waals surface area contributed by atoms with Gasteiger partial charge in [0.1, 0.15) is 12.1 Å². The van der Waals surface area contributed by atoms with Gasteiger partial charge in [0.15, 0.2) is 0 Å². The highest BCUT2D eigenvalue weighted by molar-refractivity contribution is 7.85. The molecule has 1 rings (SSSR count). The van der Waals surface area contributed by atoms with Crippen molar-refractivity contribution in [3.05, 3.63) is 23.8 Å². The Kier molecular flexibility index (Phi) is 2.37. The van der Waals surface area contributed by atoms with Crippen LogP contribution >= 0.6 is 0 Å². The van der Waals surface area contributed by atoms with E-state index in [-0.39, 0.29) is 0 Å². The molecule has 0 N–H and O–H groups in total. The van der Waals surface area contributed by atoms with Crippen molar-refractivity contribution in [2.45, 2.75) is 12.7 Å². The molecule has 1 aromatic rings. The lowest BCUT2D eigenvalue weighted by atomic mass is 10.3. The molecule has 12 heavy (non-hydrogen) atoms. The molecule has 6 heteroatoms. The second-order valence-electron chi connectivity index (χ2n) is 2.32. The van der Waals surface area contributed by atoms with Gasteiger partial charge in [0.05, 0.1) is 0 Å². The van der Waals surface area contributed by atoms with Gasteiger partial charge in [-0.05, 0) is 6.92 Å². The van der Waals surface area contributed by atoms with Crippen molar-refractivity contribution in [1.29, 1.82) is 0 Å². The molecule has 0 amide bonds. The maximum Gasteiger partial charge on any atom is 0.306 e. The topological polar surface area (TPSA) is 59.9 Å². The van der Waals surface area contributed by atoms with Crippen LogP contribution in [0.15, 0.2) is 12.5 Å². The average Bonchev–Trinajstić information content (AvgIpc) is 1.91. The Morgan fingerprint density at radius 2 is 2.25 bits per heavy atom. The van der Waals surface area contributed by atoms with Gasteiger partial charge < -0.3 is 0 Å². The van der Waals surface area contributed by atoms with Crippen LogP contribution in [-0.2, 0) is 16.0 Å². The van der Waals surface area contributed by atoms with Crippen LogP contribution in [0.5, 0.6) is 0 Å². The summed E-state index contributed by atoms with van der Waals surface area (Å²) in [5, 5.41) is 0. The molecule has 0 atom stereocenters. The van der Waals surface area contributed by atoms with Crippen molar-refractivity contribution in [2.75, 3.05) is 0 Å². The molecule has 0 unspecified atom stereocenters. The van der Waals surface area contributed by atoms with E-state index in [1.54, 1.807) is 6.92 Å². The molecule has 0 saturated heterocycles. The summed E-state index contributed by atoms with van der Waals surface area (Å²) in [5.74, 6) is -0.653. The van der Waals surface area contributed by atoms with Crippen molar-refractivity contribution in [1.82, 2.24) is 9.97 Å². The van der Waals surface area contributed by atoms with Crippen LogP contribution < -0.4 is 0 Å². The molecule has 1 aromatic heterocycles. The van der Waals surface area contributed by atoms with Crippen LogP contribution in [0.1, 0.15) is 11.3 Å². The Morgan fingerprint density at radius 1 is 1.58 bits per heavy atom. The smallest absolute Gasteiger partial charge is 0.244 e. The Bertz CT molecular complexity index is 377. The molecule has 0 aliphatic rings. The van der Waals surface area contributed by atoms with E-state index < -0.39 is 16.0 Å². The van der Waals surface area contributed by atoms with Crippen molar-refractivity contribution < 1.29 is 12.3 Å². The van der Waals surface area contributed by atoms with Gasteiger partial charge in [-0.1, -0.05) is 0 Å². The zero-order valence-corrected chi connectivity index (χ0v) is 7.18. The van der Waals surface area contributed by atoms with E-state index in [1.165, 1.54) is 12.5 Å². The fraction of sp³-hybridized carbons (Fsp3) is 0.333. The summed E-state index contributed by atoms with van der Waals surface area (Å²) in [6.07, 6.45) is 2.57. The van der Waals surface area contributed by atoms with Gasteiger partial charge in [-0.2, -0.15) is 8.42 Å². The molecular weight excluding hydrogens is 183 g/mol. The van der Waals surface area contributed by atoms with Gasteiger partial charge in [0, 0.05) is 17.5 Å². The predicted octanol–water partition coefficient (Wildman–Crippen LogP) is 0.584. The van der Waals surface area contributed by atoms with Crippen LogP contribution in [0.25, 0.3) is 0 Å². The van der Waals surface area contributed by atoms with E-state index >= 15 is 0 Å². The van der Waals surface area contributed by atoms with E-state index in [2.05, 4.69) is 9.97 Å². The first kappa shape index (κ1) is 9.05. The first-order valence-electron chi connectivity index (χ1n) is 3.17. The summed E-state index contributed by atoms with van der Waals surface area (Å²) in [7, 11) is -4.48. The fourth-order valence-corrected chi connectivity index (χ4v) is 1.40.